The summed E-state index contributed by atoms with van der Waals surface area (Å²) in [5.74, 6) is 1.12. The fourth-order valence-electron chi connectivity index (χ4n) is 2.89. The van der Waals surface area contributed by atoms with Crippen LogP contribution in [0.1, 0.15) is 11.1 Å². The van der Waals surface area contributed by atoms with Gasteiger partial charge in [-0.3, -0.25) is 9.36 Å². The number of hydrogen-bond acceptors (Lipinski definition) is 4. The van der Waals surface area contributed by atoms with E-state index in [1.165, 1.54) is 11.8 Å². The molecule has 0 atom stereocenters. The summed E-state index contributed by atoms with van der Waals surface area (Å²) < 4.78 is 2.99. The average Bonchev–Trinajstić information content (AvgIpc) is 3.10. The van der Waals surface area contributed by atoms with Crippen LogP contribution in [0, 0.1) is 6.92 Å². The van der Waals surface area contributed by atoms with Crippen LogP contribution in [0.4, 0.5) is 0 Å². The molecule has 0 radical (unpaired) electrons. The van der Waals surface area contributed by atoms with Crippen molar-refractivity contribution in [2.45, 2.75) is 25.2 Å². The number of carbonyl (C=O) groups is 1. The summed E-state index contributed by atoms with van der Waals surface area (Å²) >= 11 is 4.93. The fourth-order valence-corrected chi connectivity index (χ4v) is 4.19. The Labute approximate surface area is 184 Å². The molecule has 0 spiro atoms. The average molecular weight is 471 g/mol. The normalized spacial score (nSPS) is 10.7. The molecule has 3 aromatic rings. The number of nitrogens with zero attached hydrogens (tertiary/aromatic N) is 4. The molecule has 1 amide bonds. The number of hydrogen-bond donors (Lipinski definition) is 0. The summed E-state index contributed by atoms with van der Waals surface area (Å²) in [6, 6.07) is 16.1. The van der Waals surface area contributed by atoms with Crippen molar-refractivity contribution in [1.29, 1.82) is 0 Å². The summed E-state index contributed by atoms with van der Waals surface area (Å²) in [6.07, 6.45) is 1.81. The van der Waals surface area contributed by atoms with Gasteiger partial charge in [0.05, 0.1) is 5.75 Å². The highest BCUT2D eigenvalue weighted by Crippen LogP contribution is 2.25. The van der Waals surface area contributed by atoms with Crippen molar-refractivity contribution in [3.63, 3.8) is 0 Å². The van der Waals surface area contributed by atoms with Crippen LogP contribution in [-0.4, -0.2) is 38.4 Å². The smallest absolute Gasteiger partial charge is 0.233 e. The van der Waals surface area contributed by atoms with E-state index in [1.807, 2.05) is 67.1 Å². The number of thioether (sulfide) groups is 1. The van der Waals surface area contributed by atoms with Gasteiger partial charge >= 0.3 is 0 Å². The minimum atomic E-state index is 0.0380. The maximum atomic E-state index is 12.6. The van der Waals surface area contributed by atoms with E-state index in [0.29, 0.717) is 24.0 Å². The van der Waals surface area contributed by atoms with Gasteiger partial charge in [-0.05, 0) is 24.6 Å². The molecule has 1 aromatic heterocycles. The largest absolute Gasteiger partial charge is 0.341 e. The van der Waals surface area contributed by atoms with Crippen molar-refractivity contribution in [1.82, 2.24) is 19.7 Å². The van der Waals surface area contributed by atoms with Gasteiger partial charge in [0.2, 0.25) is 5.91 Å². The van der Waals surface area contributed by atoms with Gasteiger partial charge in [-0.25, -0.2) is 0 Å². The second-order valence-corrected chi connectivity index (χ2v) is 8.50. The lowest BCUT2D eigenvalue weighted by atomic mass is 10.1. The molecular formula is C22H23BrN4OS. The molecule has 1 heterocycles. The van der Waals surface area contributed by atoms with Gasteiger partial charge in [0, 0.05) is 30.2 Å². The third-order valence-corrected chi connectivity index (χ3v) is 6.15. The predicted octanol–water partition coefficient (Wildman–Crippen LogP) is 4.95. The summed E-state index contributed by atoms with van der Waals surface area (Å²) in [5, 5.41) is 9.39. The van der Waals surface area contributed by atoms with Crippen LogP contribution in [-0.2, 0) is 17.9 Å². The Morgan fingerprint density at radius 2 is 2.03 bits per heavy atom. The number of halogens is 1. The lowest BCUT2D eigenvalue weighted by molar-refractivity contribution is -0.127. The Kier molecular flexibility index (Phi) is 7.28. The number of allylic oxidation sites excluding steroid dienone is 1. The van der Waals surface area contributed by atoms with Crippen LogP contribution in [0.15, 0.2) is 70.8 Å². The Bertz CT molecular complexity index is 1020. The van der Waals surface area contributed by atoms with Gasteiger partial charge in [0.15, 0.2) is 11.0 Å². The second kappa shape index (κ2) is 9.89. The van der Waals surface area contributed by atoms with Crippen molar-refractivity contribution < 1.29 is 4.79 Å². The Balaban J connectivity index is 1.70. The molecule has 0 N–H and O–H groups in total. The van der Waals surface area contributed by atoms with E-state index in [1.54, 1.807) is 4.90 Å². The molecule has 150 valence electrons. The van der Waals surface area contributed by atoms with E-state index in [-0.39, 0.29) is 5.91 Å². The van der Waals surface area contributed by atoms with Gasteiger partial charge in [0.25, 0.3) is 0 Å². The van der Waals surface area contributed by atoms with Crippen molar-refractivity contribution in [2.75, 3.05) is 12.8 Å². The van der Waals surface area contributed by atoms with E-state index < -0.39 is 0 Å². The number of rotatable bonds is 8. The van der Waals surface area contributed by atoms with Crippen LogP contribution in [0.5, 0.6) is 0 Å². The van der Waals surface area contributed by atoms with Crippen molar-refractivity contribution in [3.8, 4) is 11.4 Å². The molecule has 0 fully saturated rings. The van der Waals surface area contributed by atoms with Crippen LogP contribution in [0.3, 0.4) is 0 Å². The van der Waals surface area contributed by atoms with Gasteiger partial charge in [-0.1, -0.05) is 75.7 Å². The van der Waals surface area contributed by atoms with Gasteiger partial charge < -0.3 is 4.90 Å². The van der Waals surface area contributed by atoms with E-state index in [0.717, 1.165) is 27.0 Å². The zero-order valence-corrected chi connectivity index (χ0v) is 18.9. The van der Waals surface area contributed by atoms with Crippen molar-refractivity contribution in [3.05, 3.63) is 76.8 Å². The zero-order valence-electron chi connectivity index (χ0n) is 16.5. The number of amides is 1. The SMILES string of the molecule is C=CCn1c(SCC(=O)N(C)Cc2ccccc2Br)nnc1-c1cccc(C)c1. The highest BCUT2D eigenvalue weighted by Gasteiger charge is 2.17. The van der Waals surface area contributed by atoms with Crippen LogP contribution in [0.25, 0.3) is 11.4 Å². The molecule has 5 nitrogen and oxygen atoms in total. The number of carbonyl (C=O) groups excluding carboxylic acids is 1. The van der Waals surface area contributed by atoms with E-state index in [9.17, 15) is 4.79 Å². The lowest BCUT2D eigenvalue weighted by Crippen LogP contribution is -2.28. The molecule has 0 bridgehead atoms. The summed E-state index contributed by atoms with van der Waals surface area (Å²) in [4.78, 5) is 14.4. The Morgan fingerprint density at radius 3 is 2.76 bits per heavy atom. The first-order valence-corrected chi connectivity index (χ1v) is 11.0. The minimum Gasteiger partial charge on any atom is -0.341 e. The van der Waals surface area contributed by atoms with Gasteiger partial charge in [-0.15, -0.1) is 16.8 Å². The number of aryl methyl sites for hydroxylation is 1. The highest BCUT2D eigenvalue weighted by molar-refractivity contribution is 9.10. The first-order chi connectivity index (χ1) is 14.0. The minimum absolute atomic E-state index is 0.0380. The topological polar surface area (TPSA) is 51.0 Å². The first-order valence-electron chi connectivity index (χ1n) is 9.21. The molecule has 0 aliphatic rings. The van der Waals surface area contributed by atoms with Crippen LogP contribution in [0.2, 0.25) is 0 Å². The van der Waals surface area contributed by atoms with Crippen molar-refractivity contribution >= 4 is 33.6 Å². The van der Waals surface area contributed by atoms with Gasteiger partial charge in [0.1, 0.15) is 0 Å². The third-order valence-electron chi connectivity index (χ3n) is 4.42. The standard InChI is InChI=1S/C22H23BrN4OS/c1-4-12-27-21(17-10-7-8-16(2)13-17)24-25-22(27)29-15-20(28)26(3)14-18-9-5-6-11-19(18)23/h4-11,13H,1,12,14-15H2,2-3H3. The maximum Gasteiger partial charge on any atom is 0.233 e. The molecule has 0 aliphatic heterocycles. The number of aromatic nitrogens is 3. The van der Waals surface area contributed by atoms with Gasteiger partial charge in [-0.2, -0.15) is 0 Å². The zero-order chi connectivity index (χ0) is 20.8. The van der Waals surface area contributed by atoms with Crippen LogP contribution >= 0.6 is 27.7 Å². The molecule has 0 saturated carbocycles. The monoisotopic (exact) mass is 470 g/mol. The summed E-state index contributed by atoms with van der Waals surface area (Å²) in [5.41, 5.74) is 3.24. The lowest BCUT2D eigenvalue weighted by Gasteiger charge is -2.18. The van der Waals surface area contributed by atoms with E-state index in [2.05, 4.69) is 38.8 Å². The molecule has 0 saturated heterocycles. The van der Waals surface area contributed by atoms with Crippen molar-refractivity contribution in [2.24, 2.45) is 0 Å². The predicted molar refractivity (Wildman–Crippen MR) is 122 cm³/mol. The van der Waals surface area contributed by atoms with E-state index >= 15 is 0 Å². The third kappa shape index (κ3) is 5.36. The Hall–Kier alpha value is -2.38. The summed E-state index contributed by atoms with van der Waals surface area (Å²) in [7, 11) is 1.81. The molecular weight excluding hydrogens is 448 g/mol. The molecule has 2 aromatic carbocycles. The highest BCUT2D eigenvalue weighted by atomic mass is 79.9. The van der Waals surface area contributed by atoms with E-state index in [4.69, 9.17) is 0 Å². The molecule has 3 rings (SSSR count). The maximum absolute atomic E-state index is 12.6. The molecule has 0 aliphatic carbocycles. The number of benzene rings is 2. The fraction of sp³-hybridized carbons (Fsp3) is 0.227. The van der Waals surface area contributed by atoms with Crippen LogP contribution < -0.4 is 0 Å². The first kappa shape index (κ1) is 21.3. The second-order valence-electron chi connectivity index (χ2n) is 6.70. The molecule has 29 heavy (non-hydrogen) atoms. The quantitative estimate of drug-likeness (QED) is 0.345. The Morgan fingerprint density at radius 1 is 1.24 bits per heavy atom. The molecule has 7 heteroatoms. The summed E-state index contributed by atoms with van der Waals surface area (Å²) in [6.45, 7) is 7.02. The molecule has 0 unspecified atom stereocenters.